The predicted octanol–water partition coefficient (Wildman–Crippen LogP) is 5.50. The summed E-state index contributed by atoms with van der Waals surface area (Å²) in [6, 6.07) is 5.62. The lowest BCUT2D eigenvalue weighted by Gasteiger charge is -2.30. The summed E-state index contributed by atoms with van der Waals surface area (Å²) >= 11 is 12.7. The van der Waals surface area contributed by atoms with Gasteiger partial charge in [0.15, 0.2) is 11.9 Å². The molecule has 0 fully saturated rings. The summed E-state index contributed by atoms with van der Waals surface area (Å²) in [6.07, 6.45) is 0.643. The van der Waals surface area contributed by atoms with E-state index < -0.39 is 5.82 Å². The van der Waals surface area contributed by atoms with E-state index in [1.54, 1.807) is 12.1 Å². The Morgan fingerprint density at radius 2 is 1.96 bits per heavy atom. The van der Waals surface area contributed by atoms with Crippen LogP contribution in [0.5, 0.6) is 0 Å². The van der Waals surface area contributed by atoms with E-state index in [-0.39, 0.29) is 27.3 Å². The molecule has 2 aromatic heterocycles. The second kappa shape index (κ2) is 7.09. The zero-order chi connectivity index (χ0) is 19.9. The van der Waals surface area contributed by atoms with Crippen LogP contribution in [-0.2, 0) is 0 Å². The third kappa shape index (κ3) is 3.77. The highest BCUT2D eigenvalue weighted by atomic mass is 35.5. The summed E-state index contributed by atoms with van der Waals surface area (Å²) < 4.78 is 15.0. The zero-order valence-electron chi connectivity index (χ0n) is 15.3. The van der Waals surface area contributed by atoms with Crippen LogP contribution >= 0.6 is 23.2 Å². The number of nitrogens with zero attached hydrogens (tertiary/aromatic N) is 3. The van der Waals surface area contributed by atoms with Crippen LogP contribution < -0.4 is 5.32 Å². The van der Waals surface area contributed by atoms with E-state index in [0.717, 1.165) is 0 Å². The van der Waals surface area contributed by atoms with Crippen LogP contribution in [0.15, 0.2) is 24.3 Å². The van der Waals surface area contributed by atoms with Crippen LogP contribution in [0.25, 0.3) is 16.8 Å². The third-order valence-electron chi connectivity index (χ3n) is 4.55. The smallest absolute Gasteiger partial charge is 0.170 e. The first-order chi connectivity index (χ1) is 12.6. The van der Waals surface area contributed by atoms with Crippen LogP contribution in [0, 0.1) is 11.2 Å². The number of fused-ring (bicyclic) bond motifs is 1. The second-order valence-electron chi connectivity index (χ2n) is 7.44. The fraction of sp³-hybridized carbons (Fsp3) is 0.316. The van der Waals surface area contributed by atoms with Gasteiger partial charge in [-0.25, -0.2) is 9.37 Å². The molecule has 1 N–H and O–H groups in total. The molecule has 5 nitrogen and oxygen atoms in total. The molecule has 1 atom stereocenters. The van der Waals surface area contributed by atoms with Gasteiger partial charge < -0.3 is 5.32 Å². The van der Waals surface area contributed by atoms with E-state index in [2.05, 4.69) is 36.2 Å². The number of aromatic nitrogens is 3. The van der Waals surface area contributed by atoms with Gasteiger partial charge in [0.2, 0.25) is 0 Å². The minimum Gasteiger partial charge on any atom is -0.366 e. The number of aldehydes is 1. The topological polar surface area (TPSA) is 59.3 Å². The predicted molar refractivity (Wildman–Crippen MR) is 106 cm³/mol. The molecule has 0 saturated heterocycles. The number of nitrogens with one attached hydrogen (secondary N) is 1. The number of carbonyl (C=O) groups excluding carboxylic acids is 1. The maximum absolute atomic E-state index is 13.5. The summed E-state index contributed by atoms with van der Waals surface area (Å²) in [5, 5.41) is 8.09. The minimum absolute atomic E-state index is 0.0148. The molecule has 8 heteroatoms. The standard InChI is InChI=1S/C19H19Cl2FN4O/c1-10(19(2,3)4)23-18-16(13-6-5-11(22)7-14(13)20)17(21)24-15-8-12(9-27)25-26(15)18/h5-10,23H,1-4H3. The van der Waals surface area contributed by atoms with Crippen LogP contribution in [0.2, 0.25) is 10.2 Å². The summed E-state index contributed by atoms with van der Waals surface area (Å²) in [5.74, 6) is 0.0860. The van der Waals surface area contributed by atoms with Crippen molar-refractivity contribution in [3.8, 4) is 11.1 Å². The monoisotopic (exact) mass is 408 g/mol. The molecule has 3 rings (SSSR count). The molecule has 3 aromatic rings. The van der Waals surface area contributed by atoms with Crippen molar-refractivity contribution >= 4 is 41.0 Å². The molecular formula is C19H19Cl2FN4O. The van der Waals surface area contributed by atoms with Gasteiger partial charge in [0.05, 0.1) is 10.6 Å². The first-order valence-electron chi connectivity index (χ1n) is 8.38. The van der Waals surface area contributed by atoms with Crippen molar-refractivity contribution in [1.29, 1.82) is 0 Å². The van der Waals surface area contributed by atoms with Crippen LogP contribution in [-0.4, -0.2) is 26.9 Å². The second-order valence-corrected chi connectivity index (χ2v) is 8.20. The summed E-state index contributed by atoms with van der Waals surface area (Å²) in [5.41, 5.74) is 1.59. The quantitative estimate of drug-likeness (QED) is 0.457. The van der Waals surface area contributed by atoms with E-state index in [1.807, 2.05) is 6.92 Å². The number of hydrogen-bond donors (Lipinski definition) is 1. The fourth-order valence-corrected chi connectivity index (χ4v) is 3.08. The lowest BCUT2D eigenvalue weighted by atomic mass is 9.88. The molecule has 1 aromatic carbocycles. The Balaban J connectivity index is 2.32. The minimum atomic E-state index is -0.450. The number of carbonyl (C=O) groups is 1. The van der Waals surface area contributed by atoms with Gasteiger partial charge in [-0.1, -0.05) is 44.0 Å². The van der Waals surface area contributed by atoms with Crippen LogP contribution in [0.3, 0.4) is 0 Å². The Hall–Kier alpha value is -2.18. The van der Waals surface area contributed by atoms with Gasteiger partial charge in [-0.15, -0.1) is 0 Å². The van der Waals surface area contributed by atoms with E-state index in [1.165, 1.54) is 16.6 Å². The number of anilines is 1. The van der Waals surface area contributed by atoms with E-state index in [0.29, 0.717) is 28.9 Å². The van der Waals surface area contributed by atoms with Gasteiger partial charge >= 0.3 is 0 Å². The van der Waals surface area contributed by atoms with E-state index in [4.69, 9.17) is 23.2 Å². The van der Waals surface area contributed by atoms with Crippen molar-refractivity contribution in [2.75, 3.05) is 5.32 Å². The molecule has 0 amide bonds. The first kappa shape index (κ1) is 19.6. The third-order valence-corrected chi connectivity index (χ3v) is 5.14. The zero-order valence-corrected chi connectivity index (χ0v) is 16.9. The van der Waals surface area contributed by atoms with Crippen molar-refractivity contribution in [2.24, 2.45) is 5.41 Å². The molecule has 0 bridgehead atoms. The summed E-state index contributed by atoms with van der Waals surface area (Å²) in [4.78, 5) is 15.5. The van der Waals surface area contributed by atoms with E-state index in [9.17, 15) is 9.18 Å². The molecule has 1 unspecified atom stereocenters. The average Bonchev–Trinajstić information content (AvgIpc) is 2.98. The van der Waals surface area contributed by atoms with Gasteiger partial charge in [-0.3, -0.25) is 4.79 Å². The highest BCUT2D eigenvalue weighted by Crippen LogP contribution is 2.39. The van der Waals surface area contributed by atoms with E-state index >= 15 is 0 Å². The maximum atomic E-state index is 13.5. The highest BCUT2D eigenvalue weighted by Gasteiger charge is 2.25. The molecule has 2 heterocycles. The highest BCUT2D eigenvalue weighted by molar-refractivity contribution is 6.36. The lowest BCUT2D eigenvalue weighted by Crippen LogP contribution is -2.32. The van der Waals surface area contributed by atoms with Gasteiger partial charge in [0, 0.05) is 17.7 Å². The molecule has 0 aliphatic heterocycles. The number of benzene rings is 1. The molecule has 27 heavy (non-hydrogen) atoms. The molecule has 142 valence electrons. The molecule has 0 aliphatic rings. The van der Waals surface area contributed by atoms with Gasteiger partial charge in [-0.2, -0.15) is 9.61 Å². The Bertz CT molecular complexity index is 1030. The first-order valence-corrected chi connectivity index (χ1v) is 9.14. The average molecular weight is 409 g/mol. The SMILES string of the molecule is CC(Nc1c(-c2ccc(F)cc2Cl)c(Cl)nc2cc(C=O)nn12)C(C)(C)C. The number of rotatable bonds is 4. The molecule has 0 saturated carbocycles. The molecule has 0 radical (unpaired) electrons. The lowest BCUT2D eigenvalue weighted by molar-refractivity contribution is 0.111. The number of halogens is 3. The number of hydrogen-bond acceptors (Lipinski definition) is 4. The summed E-state index contributed by atoms with van der Waals surface area (Å²) in [7, 11) is 0. The van der Waals surface area contributed by atoms with Crippen molar-refractivity contribution in [1.82, 2.24) is 14.6 Å². The largest absolute Gasteiger partial charge is 0.366 e. The Morgan fingerprint density at radius 1 is 1.26 bits per heavy atom. The van der Waals surface area contributed by atoms with Crippen LogP contribution in [0.1, 0.15) is 38.2 Å². The Labute approximate surface area is 166 Å². The van der Waals surface area contributed by atoms with Crippen molar-refractivity contribution in [3.63, 3.8) is 0 Å². The normalized spacial score (nSPS) is 13.0. The van der Waals surface area contributed by atoms with Crippen molar-refractivity contribution < 1.29 is 9.18 Å². The van der Waals surface area contributed by atoms with Gasteiger partial charge in [-0.05, 0) is 30.5 Å². The maximum Gasteiger partial charge on any atom is 0.170 e. The van der Waals surface area contributed by atoms with Crippen LogP contribution in [0.4, 0.5) is 10.2 Å². The molecule has 0 spiro atoms. The van der Waals surface area contributed by atoms with Crippen molar-refractivity contribution in [2.45, 2.75) is 33.7 Å². The Kier molecular flexibility index (Phi) is 5.14. The van der Waals surface area contributed by atoms with Crippen molar-refractivity contribution in [3.05, 3.63) is 46.0 Å². The molecule has 0 aliphatic carbocycles. The van der Waals surface area contributed by atoms with Gasteiger partial charge in [0.25, 0.3) is 0 Å². The van der Waals surface area contributed by atoms with Gasteiger partial charge in [0.1, 0.15) is 22.5 Å². The molecular weight excluding hydrogens is 390 g/mol. The fourth-order valence-electron chi connectivity index (χ4n) is 2.54. The Morgan fingerprint density at radius 3 is 2.56 bits per heavy atom. The summed E-state index contributed by atoms with van der Waals surface area (Å²) in [6.45, 7) is 8.31.